The fourth-order valence-corrected chi connectivity index (χ4v) is 4.80. The zero-order valence-electron chi connectivity index (χ0n) is 11.4. The normalized spacial score (nSPS) is 38.8. The standard InChI is InChI=1S/C14H25NO2S/c1-16-13(4-2-5-13)10-15-12-3-7-17-14(9-12)6-8-18-11-14/h12,15H,2-11H2,1H3. The van der Waals surface area contributed by atoms with Crippen molar-refractivity contribution >= 4 is 11.8 Å². The van der Waals surface area contributed by atoms with Crippen molar-refractivity contribution in [2.24, 2.45) is 0 Å². The Morgan fingerprint density at radius 1 is 1.39 bits per heavy atom. The molecular formula is C14H25NO2S. The first-order valence-electron chi connectivity index (χ1n) is 7.26. The molecule has 3 aliphatic rings. The average molecular weight is 271 g/mol. The van der Waals surface area contributed by atoms with E-state index in [9.17, 15) is 0 Å². The van der Waals surface area contributed by atoms with Crippen LogP contribution in [-0.4, -0.2) is 49.0 Å². The molecule has 2 heterocycles. The quantitative estimate of drug-likeness (QED) is 0.849. The summed E-state index contributed by atoms with van der Waals surface area (Å²) in [6, 6.07) is 0.630. The van der Waals surface area contributed by atoms with E-state index in [1.54, 1.807) is 0 Å². The molecule has 1 saturated carbocycles. The van der Waals surface area contributed by atoms with Crippen molar-refractivity contribution in [3.8, 4) is 0 Å². The highest BCUT2D eigenvalue weighted by atomic mass is 32.2. The number of nitrogens with one attached hydrogen (secondary N) is 1. The van der Waals surface area contributed by atoms with E-state index < -0.39 is 0 Å². The van der Waals surface area contributed by atoms with Gasteiger partial charge in [0.2, 0.25) is 0 Å². The Bertz CT molecular complexity index is 282. The summed E-state index contributed by atoms with van der Waals surface area (Å²) in [7, 11) is 1.86. The highest BCUT2D eigenvalue weighted by Crippen LogP contribution is 2.39. The Morgan fingerprint density at radius 2 is 2.28 bits per heavy atom. The molecular weight excluding hydrogens is 246 g/mol. The van der Waals surface area contributed by atoms with E-state index in [2.05, 4.69) is 5.32 Å². The first-order valence-corrected chi connectivity index (χ1v) is 8.42. The second-order valence-corrected chi connectivity index (χ2v) is 7.25. The lowest BCUT2D eigenvalue weighted by Crippen LogP contribution is -2.54. The van der Waals surface area contributed by atoms with Crippen molar-refractivity contribution in [1.82, 2.24) is 5.32 Å². The van der Waals surface area contributed by atoms with Gasteiger partial charge < -0.3 is 14.8 Å². The second kappa shape index (κ2) is 5.31. The fourth-order valence-electron chi connectivity index (χ4n) is 3.42. The summed E-state index contributed by atoms with van der Waals surface area (Å²) < 4.78 is 11.7. The Labute approximate surface area is 114 Å². The topological polar surface area (TPSA) is 30.5 Å². The number of rotatable bonds is 4. The molecule has 0 aromatic heterocycles. The zero-order chi connectivity index (χ0) is 12.5. The van der Waals surface area contributed by atoms with Crippen molar-refractivity contribution < 1.29 is 9.47 Å². The molecule has 18 heavy (non-hydrogen) atoms. The molecule has 1 aliphatic carbocycles. The lowest BCUT2D eigenvalue weighted by molar-refractivity contribution is -0.0885. The van der Waals surface area contributed by atoms with Crippen LogP contribution in [0.4, 0.5) is 0 Å². The van der Waals surface area contributed by atoms with Crippen LogP contribution in [0, 0.1) is 0 Å². The number of hydrogen-bond acceptors (Lipinski definition) is 4. The van der Waals surface area contributed by atoms with Gasteiger partial charge in [0.1, 0.15) is 0 Å². The van der Waals surface area contributed by atoms with Crippen LogP contribution in [0.5, 0.6) is 0 Å². The van der Waals surface area contributed by atoms with Crippen molar-refractivity contribution in [3.05, 3.63) is 0 Å². The number of hydrogen-bond donors (Lipinski definition) is 1. The molecule has 2 saturated heterocycles. The molecule has 0 amide bonds. The zero-order valence-corrected chi connectivity index (χ0v) is 12.2. The third kappa shape index (κ3) is 2.58. The summed E-state index contributed by atoms with van der Waals surface area (Å²) in [6.45, 7) is 1.95. The molecule has 1 N–H and O–H groups in total. The van der Waals surface area contributed by atoms with Gasteiger partial charge in [0.25, 0.3) is 0 Å². The van der Waals surface area contributed by atoms with Crippen molar-refractivity contribution in [2.45, 2.75) is 55.8 Å². The van der Waals surface area contributed by atoms with Gasteiger partial charge in [-0.05, 0) is 44.3 Å². The third-order valence-electron chi connectivity index (χ3n) is 4.97. The van der Waals surface area contributed by atoms with E-state index in [1.165, 1.54) is 43.6 Å². The van der Waals surface area contributed by atoms with Crippen LogP contribution < -0.4 is 5.32 Å². The average Bonchev–Trinajstić information content (AvgIpc) is 2.77. The number of thioether (sulfide) groups is 1. The Kier molecular flexibility index (Phi) is 3.90. The molecule has 3 rings (SSSR count). The molecule has 3 fully saturated rings. The molecule has 2 atom stereocenters. The maximum atomic E-state index is 6.06. The minimum absolute atomic E-state index is 0.149. The van der Waals surface area contributed by atoms with Crippen molar-refractivity contribution in [1.29, 1.82) is 0 Å². The summed E-state index contributed by atoms with van der Waals surface area (Å²) in [5.74, 6) is 2.47. The van der Waals surface area contributed by atoms with E-state index in [0.29, 0.717) is 6.04 Å². The van der Waals surface area contributed by atoms with E-state index in [4.69, 9.17) is 9.47 Å². The predicted molar refractivity (Wildman–Crippen MR) is 75.2 cm³/mol. The van der Waals surface area contributed by atoms with Crippen LogP contribution in [0.15, 0.2) is 0 Å². The highest BCUT2D eigenvalue weighted by Gasteiger charge is 2.42. The SMILES string of the molecule is COC1(CNC2CCOC3(CCSC3)C2)CCC1. The van der Waals surface area contributed by atoms with E-state index in [1.807, 2.05) is 18.9 Å². The third-order valence-corrected chi connectivity index (χ3v) is 6.19. The van der Waals surface area contributed by atoms with Gasteiger partial charge in [-0.2, -0.15) is 11.8 Å². The molecule has 3 nitrogen and oxygen atoms in total. The van der Waals surface area contributed by atoms with Crippen molar-refractivity contribution in [3.63, 3.8) is 0 Å². The number of methoxy groups -OCH3 is 1. The summed E-state index contributed by atoms with van der Waals surface area (Å²) in [5, 5.41) is 3.75. The predicted octanol–water partition coefficient (Wildman–Crippen LogP) is 2.20. The molecule has 0 aromatic carbocycles. The second-order valence-electron chi connectivity index (χ2n) is 6.15. The van der Waals surface area contributed by atoms with Crippen LogP contribution in [0.3, 0.4) is 0 Å². The molecule has 1 spiro atoms. The van der Waals surface area contributed by atoms with Crippen molar-refractivity contribution in [2.75, 3.05) is 31.8 Å². The maximum absolute atomic E-state index is 6.06. The maximum Gasteiger partial charge on any atom is 0.0802 e. The minimum atomic E-state index is 0.149. The molecule has 2 unspecified atom stereocenters. The molecule has 104 valence electrons. The molecule has 0 radical (unpaired) electrons. The van der Waals surface area contributed by atoms with Gasteiger partial charge in [0, 0.05) is 32.1 Å². The van der Waals surface area contributed by atoms with Gasteiger partial charge in [0.15, 0.2) is 0 Å². The first kappa shape index (κ1) is 13.2. The Balaban J connectivity index is 1.50. The number of ether oxygens (including phenoxy) is 2. The first-order chi connectivity index (χ1) is 8.76. The summed E-state index contributed by atoms with van der Waals surface area (Å²) in [5.41, 5.74) is 0.344. The van der Waals surface area contributed by atoms with E-state index in [0.717, 1.165) is 19.6 Å². The largest absolute Gasteiger partial charge is 0.377 e. The van der Waals surface area contributed by atoms with Crippen LogP contribution in [0.25, 0.3) is 0 Å². The van der Waals surface area contributed by atoms with Gasteiger partial charge in [-0.15, -0.1) is 0 Å². The van der Waals surface area contributed by atoms with Crippen LogP contribution in [-0.2, 0) is 9.47 Å². The monoisotopic (exact) mass is 271 g/mol. The van der Waals surface area contributed by atoms with Gasteiger partial charge in [-0.25, -0.2) is 0 Å². The highest BCUT2D eigenvalue weighted by molar-refractivity contribution is 7.99. The van der Waals surface area contributed by atoms with E-state index in [-0.39, 0.29) is 11.2 Å². The summed E-state index contributed by atoms with van der Waals surface area (Å²) >= 11 is 2.05. The van der Waals surface area contributed by atoms with Gasteiger partial charge in [0.05, 0.1) is 11.2 Å². The summed E-state index contributed by atoms with van der Waals surface area (Å²) in [6.07, 6.45) is 7.36. The van der Waals surface area contributed by atoms with Crippen LogP contribution >= 0.6 is 11.8 Å². The fraction of sp³-hybridized carbons (Fsp3) is 1.00. The lowest BCUT2D eigenvalue weighted by atomic mass is 9.79. The molecule has 0 bridgehead atoms. The van der Waals surface area contributed by atoms with Crippen LogP contribution in [0.2, 0.25) is 0 Å². The summed E-state index contributed by atoms with van der Waals surface area (Å²) in [4.78, 5) is 0. The van der Waals surface area contributed by atoms with E-state index >= 15 is 0 Å². The minimum Gasteiger partial charge on any atom is -0.377 e. The van der Waals surface area contributed by atoms with Gasteiger partial charge >= 0.3 is 0 Å². The smallest absolute Gasteiger partial charge is 0.0802 e. The molecule has 0 aromatic rings. The molecule has 4 heteroatoms. The Morgan fingerprint density at radius 3 is 2.89 bits per heavy atom. The van der Waals surface area contributed by atoms with Gasteiger partial charge in [-0.1, -0.05) is 0 Å². The van der Waals surface area contributed by atoms with Gasteiger partial charge in [-0.3, -0.25) is 0 Å². The lowest BCUT2D eigenvalue weighted by Gasteiger charge is -2.43. The molecule has 2 aliphatic heterocycles. The Hall–Kier alpha value is 0.230. The van der Waals surface area contributed by atoms with Crippen LogP contribution in [0.1, 0.15) is 38.5 Å².